The summed E-state index contributed by atoms with van der Waals surface area (Å²) in [6.45, 7) is 0. The fraction of sp³-hybridized carbons (Fsp3) is 0.188. The summed E-state index contributed by atoms with van der Waals surface area (Å²) < 4.78 is 0. The summed E-state index contributed by atoms with van der Waals surface area (Å²) in [4.78, 5) is 11.0. The summed E-state index contributed by atoms with van der Waals surface area (Å²) in [5.41, 5.74) is 3.77. The van der Waals surface area contributed by atoms with Crippen LogP contribution in [0.4, 0.5) is 0 Å². The minimum absolute atomic E-state index is 0.389. The number of hydrogen-bond donors (Lipinski definition) is 0. The van der Waals surface area contributed by atoms with Crippen LogP contribution < -0.4 is 0 Å². The van der Waals surface area contributed by atoms with Crippen molar-refractivity contribution in [3.63, 3.8) is 0 Å². The zero-order valence-electron chi connectivity index (χ0n) is 9.60. The smallest absolute Gasteiger partial charge is 0.134 e. The van der Waals surface area contributed by atoms with Crippen molar-refractivity contribution in [2.75, 3.05) is 0 Å². The molecule has 1 aliphatic rings. The molecule has 84 valence electrons. The fourth-order valence-electron chi connectivity index (χ4n) is 2.33. The maximum atomic E-state index is 11.0. The summed E-state index contributed by atoms with van der Waals surface area (Å²) >= 11 is 0. The molecular formula is C16H14O. The molecule has 0 unspecified atom stereocenters. The van der Waals surface area contributed by atoms with Gasteiger partial charge in [0.15, 0.2) is 0 Å². The Morgan fingerprint density at radius 2 is 1.53 bits per heavy atom. The van der Waals surface area contributed by atoms with Crippen LogP contribution in [0.15, 0.2) is 54.6 Å². The Morgan fingerprint density at radius 1 is 0.824 bits per heavy atom. The molecule has 0 spiro atoms. The van der Waals surface area contributed by atoms with Crippen LogP contribution in [0.3, 0.4) is 0 Å². The van der Waals surface area contributed by atoms with Gasteiger partial charge < -0.3 is 0 Å². The molecule has 0 aromatic heterocycles. The molecule has 1 fully saturated rings. The van der Waals surface area contributed by atoms with E-state index in [1.807, 2.05) is 6.07 Å². The number of rotatable bonds is 2. The summed E-state index contributed by atoms with van der Waals surface area (Å²) in [5, 5.41) is 0. The van der Waals surface area contributed by atoms with Gasteiger partial charge in [-0.3, -0.25) is 4.79 Å². The molecule has 0 N–H and O–H groups in total. The Kier molecular flexibility index (Phi) is 2.52. The van der Waals surface area contributed by atoms with Gasteiger partial charge in [-0.25, -0.2) is 0 Å². The van der Waals surface area contributed by atoms with Crippen LogP contribution in [0, 0.1) is 0 Å². The van der Waals surface area contributed by atoms with E-state index in [2.05, 4.69) is 48.5 Å². The van der Waals surface area contributed by atoms with Gasteiger partial charge in [0.1, 0.15) is 5.78 Å². The second kappa shape index (κ2) is 4.17. The second-order valence-corrected chi connectivity index (χ2v) is 4.64. The van der Waals surface area contributed by atoms with Crippen molar-refractivity contribution in [1.29, 1.82) is 0 Å². The minimum atomic E-state index is 0.389. The summed E-state index contributed by atoms with van der Waals surface area (Å²) in [7, 11) is 0. The lowest BCUT2D eigenvalue weighted by Gasteiger charge is -2.24. The Hall–Kier alpha value is -1.89. The van der Waals surface area contributed by atoms with Crippen LogP contribution in [-0.2, 0) is 4.79 Å². The van der Waals surface area contributed by atoms with E-state index in [9.17, 15) is 4.79 Å². The highest BCUT2D eigenvalue weighted by molar-refractivity contribution is 5.86. The SMILES string of the molecule is O=C1CC(c2cccc(-c3ccccc3)c2)C1. The van der Waals surface area contributed by atoms with Crippen molar-refractivity contribution < 1.29 is 4.79 Å². The van der Waals surface area contributed by atoms with E-state index in [-0.39, 0.29) is 0 Å². The van der Waals surface area contributed by atoms with Gasteiger partial charge in [0, 0.05) is 12.8 Å². The van der Waals surface area contributed by atoms with E-state index in [0.717, 1.165) is 12.8 Å². The standard InChI is InChI=1S/C16H14O/c17-16-10-15(11-16)14-8-4-7-13(9-14)12-5-2-1-3-6-12/h1-9,15H,10-11H2. The largest absolute Gasteiger partial charge is 0.300 e. The van der Waals surface area contributed by atoms with Gasteiger partial charge in [-0.1, -0.05) is 54.6 Å². The molecule has 0 radical (unpaired) electrons. The summed E-state index contributed by atoms with van der Waals surface area (Å²) in [6.07, 6.45) is 1.44. The predicted octanol–water partition coefficient (Wildman–Crippen LogP) is 3.80. The minimum Gasteiger partial charge on any atom is -0.300 e. The third-order valence-electron chi connectivity index (χ3n) is 3.41. The van der Waals surface area contributed by atoms with Crippen LogP contribution in [0.25, 0.3) is 11.1 Å². The zero-order chi connectivity index (χ0) is 11.7. The number of Topliss-reactive ketones (excluding diaryl/α,β-unsaturated/α-hetero) is 1. The molecule has 2 aromatic rings. The fourth-order valence-corrected chi connectivity index (χ4v) is 2.33. The lowest BCUT2D eigenvalue weighted by atomic mass is 9.78. The molecule has 17 heavy (non-hydrogen) atoms. The van der Waals surface area contributed by atoms with E-state index in [4.69, 9.17) is 0 Å². The molecule has 0 saturated heterocycles. The first-order chi connectivity index (χ1) is 8.33. The highest BCUT2D eigenvalue weighted by atomic mass is 16.1. The van der Waals surface area contributed by atoms with E-state index in [1.54, 1.807) is 0 Å². The van der Waals surface area contributed by atoms with Crippen molar-refractivity contribution in [1.82, 2.24) is 0 Å². The van der Waals surface area contributed by atoms with Gasteiger partial charge >= 0.3 is 0 Å². The number of benzene rings is 2. The van der Waals surface area contributed by atoms with Crippen LogP contribution in [0.2, 0.25) is 0 Å². The molecule has 3 rings (SSSR count). The molecule has 1 nitrogen and oxygen atoms in total. The number of ketones is 1. The maximum Gasteiger partial charge on any atom is 0.134 e. The van der Waals surface area contributed by atoms with Gasteiger partial charge in [0.25, 0.3) is 0 Å². The van der Waals surface area contributed by atoms with Crippen LogP contribution in [-0.4, -0.2) is 5.78 Å². The van der Waals surface area contributed by atoms with Crippen LogP contribution >= 0.6 is 0 Å². The van der Waals surface area contributed by atoms with E-state index in [1.165, 1.54) is 16.7 Å². The van der Waals surface area contributed by atoms with Crippen molar-refractivity contribution in [2.45, 2.75) is 18.8 Å². The molecule has 1 aliphatic carbocycles. The zero-order valence-corrected chi connectivity index (χ0v) is 9.60. The molecule has 0 bridgehead atoms. The van der Waals surface area contributed by atoms with E-state index in [0.29, 0.717) is 11.7 Å². The first kappa shape index (κ1) is 10.3. The number of carbonyl (C=O) groups excluding carboxylic acids is 1. The quantitative estimate of drug-likeness (QED) is 0.755. The van der Waals surface area contributed by atoms with E-state index < -0.39 is 0 Å². The van der Waals surface area contributed by atoms with Crippen LogP contribution in [0.5, 0.6) is 0 Å². The Balaban J connectivity index is 1.92. The molecule has 1 saturated carbocycles. The Bertz CT molecular complexity index is 534. The van der Waals surface area contributed by atoms with Crippen molar-refractivity contribution in [3.05, 3.63) is 60.2 Å². The topological polar surface area (TPSA) is 17.1 Å². The summed E-state index contributed by atoms with van der Waals surface area (Å²) in [5.74, 6) is 0.839. The molecule has 2 aromatic carbocycles. The number of hydrogen-bond acceptors (Lipinski definition) is 1. The molecule has 0 atom stereocenters. The van der Waals surface area contributed by atoms with Crippen LogP contribution in [0.1, 0.15) is 24.3 Å². The molecule has 1 heteroatoms. The molecular weight excluding hydrogens is 208 g/mol. The van der Waals surface area contributed by atoms with E-state index >= 15 is 0 Å². The first-order valence-electron chi connectivity index (χ1n) is 6.00. The first-order valence-corrected chi connectivity index (χ1v) is 6.00. The Morgan fingerprint density at radius 3 is 2.24 bits per heavy atom. The second-order valence-electron chi connectivity index (χ2n) is 4.64. The third kappa shape index (κ3) is 2.01. The van der Waals surface area contributed by atoms with Crippen molar-refractivity contribution in [2.24, 2.45) is 0 Å². The van der Waals surface area contributed by atoms with Gasteiger partial charge in [-0.2, -0.15) is 0 Å². The van der Waals surface area contributed by atoms with Gasteiger partial charge in [0.2, 0.25) is 0 Å². The molecule has 0 amide bonds. The molecule has 0 heterocycles. The Labute approximate surface area is 101 Å². The lowest BCUT2D eigenvalue weighted by Crippen LogP contribution is -2.20. The average molecular weight is 222 g/mol. The normalized spacial score (nSPS) is 15.6. The number of carbonyl (C=O) groups is 1. The average Bonchev–Trinajstić information content (AvgIpc) is 2.36. The highest BCUT2D eigenvalue weighted by Crippen LogP contribution is 2.35. The molecule has 0 aliphatic heterocycles. The van der Waals surface area contributed by atoms with Gasteiger partial charge in [0.05, 0.1) is 0 Å². The van der Waals surface area contributed by atoms with Crippen molar-refractivity contribution >= 4 is 5.78 Å². The van der Waals surface area contributed by atoms with Crippen molar-refractivity contribution in [3.8, 4) is 11.1 Å². The predicted molar refractivity (Wildman–Crippen MR) is 68.9 cm³/mol. The van der Waals surface area contributed by atoms with Gasteiger partial charge in [-0.05, 0) is 22.6 Å². The van der Waals surface area contributed by atoms with Gasteiger partial charge in [-0.15, -0.1) is 0 Å². The highest BCUT2D eigenvalue weighted by Gasteiger charge is 2.27. The summed E-state index contributed by atoms with van der Waals surface area (Å²) in [6, 6.07) is 18.9. The third-order valence-corrected chi connectivity index (χ3v) is 3.41. The monoisotopic (exact) mass is 222 g/mol. The lowest BCUT2D eigenvalue weighted by molar-refractivity contribution is -0.124. The maximum absolute atomic E-state index is 11.0.